The maximum atomic E-state index is 11.2. The highest BCUT2D eigenvalue weighted by molar-refractivity contribution is 5.87. The molecule has 13 heavy (non-hydrogen) atoms. The first-order valence-electron chi connectivity index (χ1n) is 4.74. The summed E-state index contributed by atoms with van der Waals surface area (Å²) in [5.41, 5.74) is 0. The van der Waals surface area contributed by atoms with Gasteiger partial charge in [0.15, 0.2) is 0 Å². The quantitative estimate of drug-likeness (QED) is 0.669. The number of hydrogen-bond acceptors (Lipinski definition) is 2. The number of ether oxygens (including phenoxy) is 1. The summed E-state index contributed by atoms with van der Waals surface area (Å²) in [6.45, 7) is 1.84. The molecule has 0 heterocycles. The largest absolute Gasteiger partial charge is 0.379 e. The molecule has 2 atom stereocenters. The SMILES string of the molecule is CC=CC(=O)NC1CCCC1OC. The van der Waals surface area contributed by atoms with Crippen LogP contribution in [0.15, 0.2) is 12.2 Å². The summed E-state index contributed by atoms with van der Waals surface area (Å²) in [5.74, 6) is -0.0172. The average molecular weight is 183 g/mol. The van der Waals surface area contributed by atoms with E-state index in [1.165, 1.54) is 0 Å². The van der Waals surface area contributed by atoms with Gasteiger partial charge >= 0.3 is 0 Å². The number of rotatable bonds is 3. The zero-order chi connectivity index (χ0) is 9.68. The van der Waals surface area contributed by atoms with Crippen molar-refractivity contribution in [2.45, 2.75) is 38.3 Å². The van der Waals surface area contributed by atoms with E-state index in [4.69, 9.17) is 4.74 Å². The van der Waals surface area contributed by atoms with E-state index in [-0.39, 0.29) is 18.1 Å². The highest BCUT2D eigenvalue weighted by atomic mass is 16.5. The fourth-order valence-electron chi connectivity index (χ4n) is 1.76. The van der Waals surface area contributed by atoms with Gasteiger partial charge in [-0.2, -0.15) is 0 Å². The first kappa shape index (κ1) is 10.3. The zero-order valence-electron chi connectivity index (χ0n) is 8.25. The lowest BCUT2D eigenvalue weighted by molar-refractivity contribution is -0.117. The number of hydrogen-bond donors (Lipinski definition) is 1. The maximum Gasteiger partial charge on any atom is 0.243 e. The minimum Gasteiger partial charge on any atom is -0.379 e. The van der Waals surface area contributed by atoms with Crippen LogP contribution < -0.4 is 5.32 Å². The fraction of sp³-hybridized carbons (Fsp3) is 0.700. The third-order valence-corrected chi connectivity index (χ3v) is 2.40. The molecule has 0 aromatic rings. The molecular weight excluding hydrogens is 166 g/mol. The van der Waals surface area contributed by atoms with E-state index in [1.807, 2.05) is 6.92 Å². The predicted molar refractivity (Wildman–Crippen MR) is 51.4 cm³/mol. The Morgan fingerprint density at radius 3 is 2.92 bits per heavy atom. The van der Waals surface area contributed by atoms with Crippen LogP contribution in [-0.4, -0.2) is 25.2 Å². The molecule has 0 spiro atoms. The minimum atomic E-state index is -0.0172. The molecule has 1 saturated carbocycles. The topological polar surface area (TPSA) is 38.3 Å². The van der Waals surface area contributed by atoms with Gasteiger partial charge in [-0.05, 0) is 32.3 Å². The monoisotopic (exact) mass is 183 g/mol. The van der Waals surface area contributed by atoms with Crippen molar-refractivity contribution in [3.8, 4) is 0 Å². The van der Waals surface area contributed by atoms with Crippen molar-refractivity contribution in [3.63, 3.8) is 0 Å². The van der Waals surface area contributed by atoms with Gasteiger partial charge in [0.2, 0.25) is 5.91 Å². The third kappa shape index (κ3) is 2.84. The molecule has 1 N–H and O–H groups in total. The molecule has 0 aliphatic heterocycles. The molecule has 0 bridgehead atoms. The van der Waals surface area contributed by atoms with Gasteiger partial charge in [-0.3, -0.25) is 4.79 Å². The fourth-order valence-corrected chi connectivity index (χ4v) is 1.76. The van der Waals surface area contributed by atoms with Gasteiger partial charge in [0.1, 0.15) is 0 Å². The van der Waals surface area contributed by atoms with Crippen molar-refractivity contribution >= 4 is 5.91 Å². The minimum absolute atomic E-state index is 0.0172. The molecule has 0 aromatic heterocycles. The molecule has 1 aliphatic carbocycles. The number of amides is 1. The van der Waals surface area contributed by atoms with Gasteiger partial charge in [0.25, 0.3) is 0 Å². The molecule has 1 rings (SSSR count). The van der Waals surface area contributed by atoms with Crippen molar-refractivity contribution in [1.29, 1.82) is 0 Å². The van der Waals surface area contributed by atoms with Crippen LogP contribution in [0, 0.1) is 0 Å². The molecule has 1 aliphatic rings. The molecule has 0 aromatic carbocycles. The summed E-state index contributed by atoms with van der Waals surface area (Å²) in [6.07, 6.45) is 6.71. The van der Waals surface area contributed by atoms with Gasteiger partial charge < -0.3 is 10.1 Å². The summed E-state index contributed by atoms with van der Waals surface area (Å²) in [7, 11) is 1.70. The van der Waals surface area contributed by atoms with E-state index in [0.717, 1.165) is 19.3 Å². The summed E-state index contributed by atoms with van der Waals surface area (Å²) >= 11 is 0. The number of carbonyl (C=O) groups excluding carboxylic acids is 1. The Kier molecular flexibility index (Phi) is 3.96. The van der Waals surface area contributed by atoms with Crippen LogP contribution >= 0.6 is 0 Å². The first-order valence-corrected chi connectivity index (χ1v) is 4.74. The highest BCUT2D eigenvalue weighted by Crippen LogP contribution is 2.21. The number of methoxy groups -OCH3 is 1. The van der Waals surface area contributed by atoms with Gasteiger partial charge in [-0.15, -0.1) is 0 Å². The van der Waals surface area contributed by atoms with Gasteiger partial charge in [-0.25, -0.2) is 0 Å². The van der Waals surface area contributed by atoms with Crippen molar-refractivity contribution in [3.05, 3.63) is 12.2 Å². The maximum absolute atomic E-state index is 11.2. The normalized spacial score (nSPS) is 28.2. The van der Waals surface area contributed by atoms with Crippen LogP contribution in [0.5, 0.6) is 0 Å². The van der Waals surface area contributed by atoms with E-state index < -0.39 is 0 Å². The standard InChI is InChI=1S/C10H17NO2/c1-3-5-10(12)11-8-6-4-7-9(8)13-2/h3,5,8-9H,4,6-7H2,1-2H3,(H,11,12). The molecular formula is C10H17NO2. The average Bonchev–Trinajstić information content (AvgIpc) is 2.52. The highest BCUT2D eigenvalue weighted by Gasteiger charge is 2.27. The Balaban J connectivity index is 2.39. The Morgan fingerprint density at radius 2 is 2.31 bits per heavy atom. The number of nitrogens with one attached hydrogen (secondary N) is 1. The van der Waals surface area contributed by atoms with Gasteiger partial charge in [0.05, 0.1) is 12.1 Å². The predicted octanol–water partition coefficient (Wildman–Crippen LogP) is 1.25. The lowest BCUT2D eigenvalue weighted by atomic mass is 10.2. The molecule has 0 radical (unpaired) electrons. The molecule has 74 valence electrons. The van der Waals surface area contributed by atoms with Crippen molar-refractivity contribution < 1.29 is 9.53 Å². The number of allylic oxidation sites excluding steroid dienone is 1. The van der Waals surface area contributed by atoms with E-state index in [1.54, 1.807) is 19.3 Å². The van der Waals surface area contributed by atoms with E-state index in [9.17, 15) is 4.79 Å². The first-order chi connectivity index (χ1) is 6.27. The van der Waals surface area contributed by atoms with E-state index >= 15 is 0 Å². The van der Waals surface area contributed by atoms with E-state index in [0.29, 0.717) is 0 Å². The smallest absolute Gasteiger partial charge is 0.243 e. The van der Waals surface area contributed by atoms with Crippen LogP contribution in [0.3, 0.4) is 0 Å². The lowest BCUT2D eigenvalue weighted by Gasteiger charge is -2.18. The molecule has 1 fully saturated rings. The van der Waals surface area contributed by atoms with Crippen molar-refractivity contribution in [1.82, 2.24) is 5.32 Å². The van der Waals surface area contributed by atoms with Crippen LogP contribution in [0.1, 0.15) is 26.2 Å². The molecule has 2 unspecified atom stereocenters. The van der Waals surface area contributed by atoms with Crippen molar-refractivity contribution in [2.24, 2.45) is 0 Å². The second-order valence-corrected chi connectivity index (χ2v) is 3.32. The summed E-state index contributed by atoms with van der Waals surface area (Å²) in [6, 6.07) is 0.202. The Bertz CT molecular complexity index is 201. The van der Waals surface area contributed by atoms with Gasteiger partial charge in [-0.1, -0.05) is 6.08 Å². The summed E-state index contributed by atoms with van der Waals surface area (Å²) < 4.78 is 5.26. The Morgan fingerprint density at radius 1 is 1.54 bits per heavy atom. The van der Waals surface area contributed by atoms with Crippen LogP contribution in [0.2, 0.25) is 0 Å². The Labute approximate surface area is 79.2 Å². The molecule has 3 nitrogen and oxygen atoms in total. The van der Waals surface area contributed by atoms with Crippen LogP contribution in [0.4, 0.5) is 0 Å². The molecule has 0 saturated heterocycles. The second kappa shape index (κ2) is 5.02. The molecule has 3 heteroatoms. The third-order valence-electron chi connectivity index (χ3n) is 2.40. The second-order valence-electron chi connectivity index (χ2n) is 3.32. The Hall–Kier alpha value is -0.830. The van der Waals surface area contributed by atoms with E-state index in [2.05, 4.69) is 5.32 Å². The van der Waals surface area contributed by atoms with Gasteiger partial charge in [0, 0.05) is 7.11 Å². The summed E-state index contributed by atoms with van der Waals surface area (Å²) in [4.78, 5) is 11.2. The summed E-state index contributed by atoms with van der Waals surface area (Å²) in [5, 5.41) is 2.93. The van der Waals surface area contributed by atoms with Crippen LogP contribution in [-0.2, 0) is 9.53 Å². The zero-order valence-corrected chi connectivity index (χ0v) is 8.25. The molecule has 1 amide bonds. The van der Waals surface area contributed by atoms with Crippen molar-refractivity contribution in [2.75, 3.05) is 7.11 Å². The van der Waals surface area contributed by atoms with Crippen LogP contribution in [0.25, 0.3) is 0 Å². The number of carbonyl (C=O) groups is 1. The lowest BCUT2D eigenvalue weighted by Crippen LogP contribution is -2.39.